The predicted octanol–water partition coefficient (Wildman–Crippen LogP) is 1.88. The lowest BCUT2D eigenvalue weighted by Gasteiger charge is -2.24. The highest BCUT2D eigenvalue weighted by atomic mass is 15.2. The number of hydrogen-bond acceptors (Lipinski definition) is 2. The van der Waals surface area contributed by atoms with Crippen molar-refractivity contribution < 1.29 is 0 Å². The van der Waals surface area contributed by atoms with Gasteiger partial charge in [-0.1, -0.05) is 19.2 Å². The average Bonchev–Trinajstić information content (AvgIpc) is 2.61. The molecule has 1 aliphatic rings. The summed E-state index contributed by atoms with van der Waals surface area (Å²) in [5.41, 5.74) is 1.08. The van der Waals surface area contributed by atoms with Crippen molar-refractivity contribution in [1.29, 1.82) is 0 Å². The fraction of sp³-hybridized carbons (Fsp3) is 0.455. The minimum Gasteiger partial charge on any atom is -0.384 e. The second-order valence-corrected chi connectivity index (χ2v) is 3.27. The molecule has 2 nitrogen and oxygen atoms in total. The molecule has 1 fully saturated rings. The van der Waals surface area contributed by atoms with Gasteiger partial charge in [0.15, 0.2) is 0 Å². The van der Waals surface area contributed by atoms with Crippen molar-refractivity contribution in [2.45, 2.75) is 18.9 Å². The molecule has 0 aromatic carbocycles. The van der Waals surface area contributed by atoms with Gasteiger partial charge >= 0.3 is 0 Å². The molecule has 1 rings (SSSR count). The van der Waals surface area contributed by atoms with E-state index in [1.165, 1.54) is 12.8 Å². The van der Waals surface area contributed by atoms with Crippen LogP contribution in [0.4, 0.5) is 0 Å². The maximum atomic E-state index is 4.02. The third-order valence-corrected chi connectivity index (χ3v) is 2.40. The van der Waals surface area contributed by atoms with Gasteiger partial charge in [0.1, 0.15) is 0 Å². The van der Waals surface area contributed by atoms with Crippen LogP contribution in [-0.4, -0.2) is 24.0 Å². The number of hydrogen-bond donors (Lipinski definition) is 1. The number of rotatable bonds is 5. The van der Waals surface area contributed by atoms with Crippen LogP contribution in [0.5, 0.6) is 0 Å². The average molecular weight is 178 g/mol. The molecule has 0 bridgehead atoms. The van der Waals surface area contributed by atoms with Gasteiger partial charge in [-0.2, -0.15) is 0 Å². The molecule has 0 aliphatic carbocycles. The summed E-state index contributed by atoms with van der Waals surface area (Å²) in [7, 11) is 0. The van der Waals surface area contributed by atoms with Crippen LogP contribution in [0.25, 0.3) is 0 Å². The van der Waals surface area contributed by atoms with E-state index in [4.69, 9.17) is 0 Å². The maximum Gasteiger partial charge on any atom is 0.0677 e. The van der Waals surface area contributed by atoms with Crippen molar-refractivity contribution >= 4 is 0 Å². The van der Waals surface area contributed by atoms with Crippen molar-refractivity contribution in [1.82, 2.24) is 10.2 Å². The maximum absolute atomic E-state index is 4.02. The van der Waals surface area contributed by atoms with E-state index in [0.29, 0.717) is 6.04 Å². The first kappa shape index (κ1) is 9.90. The molecule has 1 saturated heterocycles. The highest BCUT2D eigenvalue weighted by molar-refractivity contribution is 5.09. The van der Waals surface area contributed by atoms with E-state index in [2.05, 4.69) is 30.0 Å². The summed E-state index contributed by atoms with van der Waals surface area (Å²) in [6.07, 6.45) is 6.15. The van der Waals surface area contributed by atoms with Gasteiger partial charge in [0.05, 0.1) is 6.04 Å². The summed E-state index contributed by atoms with van der Waals surface area (Å²) in [6.45, 7) is 13.4. The van der Waals surface area contributed by atoms with Crippen LogP contribution >= 0.6 is 0 Å². The first-order chi connectivity index (χ1) is 6.29. The summed E-state index contributed by atoms with van der Waals surface area (Å²) in [6, 6.07) is 0.428. The third-order valence-electron chi connectivity index (χ3n) is 2.40. The van der Waals surface area contributed by atoms with Crippen molar-refractivity contribution in [2.24, 2.45) is 0 Å². The zero-order valence-electron chi connectivity index (χ0n) is 8.13. The molecule has 0 aromatic heterocycles. The molecule has 0 spiro atoms. The summed E-state index contributed by atoms with van der Waals surface area (Å²) in [5, 5.41) is 3.24. The van der Waals surface area contributed by atoms with E-state index in [1.54, 1.807) is 0 Å². The Balaban J connectivity index is 2.44. The van der Waals surface area contributed by atoms with Gasteiger partial charge in [0.2, 0.25) is 0 Å². The zero-order chi connectivity index (χ0) is 9.68. The van der Waals surface area contributed by atoms with E-state index < -0.39 is 0 Å². The van der Waals surface area contributed by atoms with Crippen molar-refractivity contribution in [2.75, 3.05) is 13.1 Å². The van der Waals surface area contributed by atoms with Gasteiger partial charge < -0.3 is 10.2 Å². The van der Waals surface area contributed by atoms with Crippen LogP contribution in [0.2, 0.25) is 0 Å². The van der Waals surface area contributed by atoms with E-state index in [1.807, 2.05) is 12.3 Å². The molecule has 72 valence electrons. The van der Waals surface area contributed by atoms with Crippen molar-refractivity contribution in [3.63, 3.8) is 0 Å². The molecular formula is C11H18N2. The number of nitrogens with one attached hydrogen (secondary N) is 1. The first-order valence-corrected chi connectivity index (χ1v) is 4.71. The molecule has 1 N–H and O–H groups in total. The highest BCUT2D eigenvalue weighted by Gasteiger charge is 2.23. The lowest BCUT2D eigenvalue weighted by molar-refractivity contribution is 0.377. The fourth-order valence-corrected chi connectivity index (χ4v) is 1.70. The molecule has 1 heterocycles. The Kier molecular flexibility index (Phi) is 3.62. The largest absolute Gasteiger partial charge is 0.384 e. The monoisotopic (exact) mass is 178 g/mol. The minimum atomic E-state index is 0.428. The second-order valence-electron chi connectivity index (χ2n) is 3.27. The summed E-state index contributed by atoms with van der Waals surface area (Å²) in [4.78, 5) is 2.23. The smallest absolute Gasteiger partial charge is 0.0677 e. The Morgan fingerprint density at radius 3 is 2.92 bits per heavy atom. The molecule has 2 heteroatoms. The van der Waals surface area contributed by atoms with Gasteiger partial charge in [0, 0.05) is 18.8 Å². The molecule has 13 heavy (non-hydrogen) atoms. The Morgan fingerprint density at radius 2 is 2.31 bits per heavy atom. The van der Waals surface area contributed by atoms with Crippen molar-refractivity contribution in [3.05, 3.63) is 37.7 Å². The third kappa shape index (κ3) is 2.38. The molecule has 0 radical (unpaired) electrons. The SMILES string of the molecule is C=CCNC(=C)C1CCCN1C=C. The first-order valence-electron chi connectivity index (χ1n) is 4.71. The lowest BCUT2D eigenvalue weighted by atomic mass is 10.1. The fourth-order valence-electron chi connectivity index (χ4n) is 1.70. The molecule has 0 saturated carbocycles. The lowest BCUT2D eigenvalue weighted by Crippen LogP contribution is -2.32. The van der Waals surface area contributed by atoms with Crippen LogP contribution in [0.1, 0.15) is 12.8 Å². The highest BCUT2D eigenvalue weighted by Crippen LogP contribution is 2.21. The van der Waals surface area contributed by atoms with E-state index >= 15 is 0 Å². The van der Waals surface area contributed by atoms with Gasteiger partial charge in [-0.25, -0.2) is 0 Å². The molecule has 1 aliphatic heterocycles. The van der Waals surface area contributed by atoms with Gasteiger partial charge in [-0.15, -0.1) is 6.58 Å². The van der Waals surface area contributed by atoms with Gasteiger partial charge in [-0.05, 0) is 19.0 Å². The molecular weight excluding hydrogens is 160 g/mol. The summed E-state index contributed by atoms with van der Waals surface area (Å²) < 4.78 is 0. The van der Waals surface area contributed by atoms with Crippen LogP contribution in [-0.2, 0) is 0 Å². The van der Waals surface area contributed by atoms with Crippen molar-refractivity contribution in [3.8, 4) is 0 Å². The second kappa shape index (κ2) is 4.75. The Hall–Kier alpha value is -1.18. The van der Waals surface area contributed by atoms with Gasteiger partial charge in [-0.3, -0.25) is 0 Å². The number of likely N-dealkylation sites (tertiary alicyclic amines) is 1. The van der Waals surface area contributed by atoms with E-state index in [-0.39, 0.29) is 0 Å². The quantitative estimate of drug-likeness (QED) is 0.647. The van der Waals surface area contributed by atoms with Crippen LogP contribution in [0, 0.1) is 0 Å². The minimum absolute atomic E-state index is 0.428. The van der Waals surface area contributed by atoms with E-state index in [9.17, 15) is 0 Å². The molecule has 0 aromatic rings. The Labute approximate surface area is 80.6 Å². The summed E-state index contributed by atoms with van der Waals surface area (Å²) >= 11 is 0. The molecule has 1 unspecified atom stereocenters. The predicted molar refractivity (Wildman–Crippen MR) is 57.3 cm³/mol. The van der Waals surface area contributed by atoms with Crippen LogP contribution < -0.4 is 5.32 Å². The normalized spacial score (nSPS) is 21.2. The molecule has 0 amide bonds. The molecule has 1 atom stereocenters. The summed E-state index contributed by atoms with van der Waals surface area (Å²) in [5.74, 6) is 0. The van der Waals surface area contributed by atoms with Crippen LogP contribution in [0.3, 0.4) is 0 Å². The Bertz CT molecular complexity index is 208. The van der Waals surface area contributed by atoms with E-state index in [0.717, 1.165) is 18.8 Å². The van der Waals surface area contributed by atoms with Gasteiger partial charge in [0.25, 0.3) is 0 Å². The zero-order valence-corrected chi connectivity index (χ0v) is 8.13. The number of nitrogens with zero attached hydrogens (tertiary/aromatic N) is 1. The standard InChI is InChI=1S/C11H18N2/c1-4-8-12-10(3)11-7-6-9-13(11)5-2/h4-5,11-12H,1-3,6-9H2. The van der Waals surface area contributed by atoms with Crippen LogP contribution in [0.15, 0.2) is 37.7 Å². The topological polar surface area (TPSA) is 15.3 Å². The Morgan fingerprint density at radius 1 is 1.54 bits per heavy atom.